The molecule has 1 atom stereocenters. The Bertz CT molecular complexity index is 433. The van der Waals surface area contributed by atoms with Crippen LogP contribution in [0.3, 0.4) is 0 Å². The van der Waals surface area contributed by atoms with Crippen LogP contribution in [0.2, 0.25) is 0 Å². The molecule has 0 aliphatic heterocycles. The molecule has 0 heterocycles. The molecule has 1 unspecified atom stereocenters. The second kappa shape index (κ2) is 4.76. The first kappa shape index (κ1) is 13.1. The van der Waals surface area contributed by atoms with Crippen LogP contribution < -0.4 is 0 Å². The van der Waals surface area contributed by atoms with Crippen molar-refractivity contribution >= 4 is 0 Å². The molecular formula is C14H15F3O. The van der Waals surface area contributed by atoms with Gasteiger partial charge >= 0.3 is 6.18 Å². The molecule has 0 saturated carbocycles. The van der Waals surface area contributed by atoms with E-state index >= 15 is 0 Å². The summed E-state index contributed by atoms with van der Waals surface area (Å²) in [5.41, 5.74) is -0.840. The molecule has 0 bridgehead atoms. The average molecular weight is 256 g/mol. The summed E-state index contributed by atoms with van der Waals surface area (Å²) in [7, 11) is 0. The summed E-state index contributed by atoms with van der Waals surface area (Å²) >= 11 is 0. The Morgan fingerprint density at radius 2 is 1.83 bits per heavy atom. The van der Waals surface area contributed by atoms with Gasteiger partial charge in [0.15, 0.2) is 0 Å². The van der Waals surface area contributed by atoms with Gasteiger partial charge in [-0.3, -0.25) is 0 Å². The van der Waals surface area contributed by atoms with E-state index in [1.165, 1.54) is 12.1 Å². The Morgan fingerprint density at radius 1 is 1.17 bits per heavy atom. The van der Waals surface area contributed by atoms with Gasteiger partial charge in [0.1, 0.15) is 0 Å². The quantitative estimate of drug-likeness (QED) is 0.799. The Morgan fingerprint density at radius 3 is 2.33 bits per heavy atom. The van der Waals surface area contributed by atoms with Gasteiger partial charge in [0.25, 0.3) is 0 Å². The number of rotatable bonds is 2. The fourth-order valence-electron chi connectivity index (χ4n) is 2.22. The van der Waals surface area contributed by atoms with Gasteiger partial charge in [-0.2, -0.15) is 13.2 Å². The lowest BCUT2D eigenvalue weighted by molar-refractivity contribution is -0.137. The smallest absolute Gasteiger partial charge is 0.385 e. The van der Waals surface area contributed by atoms with E-state index in [4.69, 9.17) is 0 Å². The molecule has 0 saturated heterocycles. The molecule has 1 aliphatic carbocycles. The van der Waals surface area contributed by atoms with Crippen molar-refractivity contribution in [2.24, 2.45) is 0 Å². The predicted octanol–water partition coefficient (Wildman–Crippen LogP) is 3.72. The van der Waals surface area contributed by atoms with E-state index in [2.05, 4.69) is 0 Å². The maximum absolute atomic E-state index is 12.4. The fraction of sp³-hybridized carbons (Fsp3) is 0.429. The number of aliphatic hydroxyl groups is 1. The minimum atomic E-state index is -4.31. The van der Waals surface area contributed by atoms with Crippen molar-refractivity contribution in [2.75, 3.05) is 0 Å². The largest absolute Gasteiger partial charge is 0.416 e. The molecule has 1 aliphatic rings. The predicted molar refractivity (Wildman–Crippen MR) is 63.1 cm³/mol. The lowest BCUT2D eigenvalue weighted by atomic mass is 9.85. The van der Waals surface area contributed by atoms with E-state index in [1.54, 1.807) is 6.08 Å². The van der Waals surface area contributed by atoms with Gasteiger partial charge in [0.05, 0.1) is 11.2 Å². The molecule has 1 aromatic rings. The van der Waals surface area contributed by atoms with E-state index in [0.717, 1.165) is 30.5 Å². The molecule has 0 aromatic heterocycles. The second-order valence-electron chi connectivity index (χ2n) is 4.77. The molecule has 0 radical (unpaired) electrons. The van der Waals surface area contributed by atoms with E-state index in [-0.39, 0.29) is 0 Å². The number of alkyl halides is 3. The Hall–Kier alpha value is -1.29. The van der Waals surface area contributed by atoms with Gasteiger partial charge in [0.2, 0.25) is 0 Å². The zero-order chi connectivity index (χ0) is 13.2. The molecule has 1 aromatic carbocycles. The monoisotopic (exact) mass is 256 g/mol. The standard InChI is InChI=1S/C14H15F3O/c15-14(16,17)12-6-4-11(5-7-12)10-13(18)8-2-1-3-9-13/h2,4-8,18H,1,3,9-10H2. The van der Waals surface area contributed by atoms with E-state index in [9.17, 15) is 18.3 Å². The van der Waals surface area contributed by atoms with Crippen molar-refractivity contribution < 1.29 is 18.3 Å². The molecule has 0 fully saturated rings. The van der Waals surface area contributed by atoms with Crippen LogP contribution in [0.1, 0.15) is 30.4 Å². The van der Waals surface area contributed by atoms with Crippen LogP contribution in [0.4, 0.5) is 13.2 Å². The molecule has 1 nitrogen and oxygen atoms in total. The maximum atomic E-state index is 12.4. The Balaban J connectivity index is 2.11. The van der Waals surface area contributed by atoms with Crippen LogP contribution >= 0.6 is 0 Å². The van der Waals surface area contributed by atoms with Gasteiger partial charge < -0.3 is 5.11 Å². The number of hydrogen-bond acceptors (Lipinski definition) is 1. The molecule has 1 N–H and O–H groups in total. The number of allylic oxidation sites excluding steroid dienone is 1. The molecule has 0 spiro atoms. The lowest BCUT2D eigenvalue weighted by Gasteiger charge is -2.27. The van der Waals surface area contributed by atoms with Crippen molar-refractivity contribution in [1.82, 2.24) is 0 Å². The summed E-state index contributed by atoms with van der Waals surface area (Å²) in [6.07, 6.45) is 2.26. The van der Waals surface area contributed by atoms with Gasteiger partial charge in [-0.1, -0.05) is 24.3 Å². The molecule has 18 heavy (non-hydrogen) atoms. The van der Waals surface area contributed by atoms with Crippen molar-refractivity contribution in [3.05, 3.63) is 47.5 Å². The number of halogens is 3. The summed E-state index contributed by atoms with van der Waals surface area (Å²) in [6, 6.07) is 4.99. The zero-order valence-corrected chi connectivity index (χ0v) is 9.87. The van der Waals surface area contributed by atoms with E-state index < -0.39 is 17.3 Å². The Kier molecular flexibility index (Phi) is 3.48. The highest BCUT2D eigenvalue weighted by molar-refractivity contribution is 5.27. The van der Waals surface area contributed by atoms with Crippen molar-refractivity contribution in [1.29, 1.82) is 0 Å². The minimum Gasteiger partial charge on any atom is -0.385 e. The fourth-order valence-corrected chi connectivity index (χ4v) is 2.22. The topological polar surface area (TPSA) is 20.2 Å². The van der Waals surface area contributed by atoms with Crippen LogP contribution in [-0.4, -0.2) is 10.7 Å². The summed E-state index contributed by atoms with van der Waals surface area (Å²) < 4.78 is 37.2. The third kappa shape index (κ3) is 3.13. The maximum Gasteiger partial charge on any atom is 0.416 e. The number of hydrogen-bond donors (Lipinski definition) is 1. The van der Waals surface area contributed by atoms with Crippen LogP contribution in [-0.2, 0) is 12.6 Å². The minimum absolute atomic E-state index is 0.363. The summed E-state index contributed by atoms with van der Waals surface area (Å²) in [4.78, 5) is 0. The van der Waals surface area contributed by atoms with Crippen LogP contribution in [0, 0.1) is 0 Å². The summed E-state index contributed by atoms with van der Waals surface area (Å²) in [6.45, 7) is 0. The van der Waals surface area contributed by atoms with Gasteiger partial charge in [-0.25, -0.2) is 0 Å². The van der Waals surface area contributed by atoms with Crippen molar-refractivity contribution in [3.63, 3.8) is 0 Å². The summed E-state index contributed by atoms with van der Waals surface area (Å²) in [5.74, 6) is 0. The third-order valence-corrected chi connectivity index (χ3v) is 3.20. The molecule has 2 rings (SSSR count). The molecule has 0 amide bonds. The van der Waals surface area contributed by atoms with Crippen molar-refractivity contribution in [2.45, 2.75) is 37.5 Å². The third-order valence-electron chi connectivity index (χ3n) is 3.20. The van der Waals surface area contributed by atoms with Gasteiger partial charge in [-0.15, -0.1) is 0 Å². The highest BCUT2D eigenvalue weighted by atomic mass is 19.4. The number of benzene rings is 1. The highest BCUT2D eigenvalue weighted by Gasteiger charge is 2.30. The zero-order valence-electron chi connectivity index (χ0n) is 9.87. The Labute approximate surface area is 104 Å². The van der Waals surface area contributed by atoms with Crippen LogP contribution in [0.15, 0.2) is 36.4 Å². The average Bonchev–Trinajstić information content (AvgIpc) is 2.29. The van der Waals surface area contributed by atoms with Crippen LogP contribution in [0.5, 0.6) is 0 Å². The van der Waals surface area contributed by atoms with E-state index in [1.807, 2.05) is 6.08 Å². The van der Waals surface area contributed by atoms with Crippen LogP contribution in [0.25, 0.3) is 0 Å². The first-order valence-electron chi connectivity index (χ1n) is 5.95. The van der Waals surface area contributed by atoms with Gasteiger partial charge in [-0.05, 0) is 37.0 Å². The normalized spacial score (nSPS) is 24.2. The van der Waals surface area contributed by atoms with Gasteiger partial charge in [0, 0.05) is 6.42 Å². The molecule has 4 heteroatoms. The summed E-state index contributed by atoms with van der Waals surface area (Å²) in [5, 5.41) is 10.2. The molecule has 98 valence electrons. The highest BCUT2D eigenvalue weighted by Crippen LogP contribution is 2.30. The van der Waals surface area contributed by atoms with E-state index in [0.29, 0.717) is 12.8 Å². The first-order chi connectivity index (χ1) is 8.39. The van der Waals surface area contributed by atoms with Crippen molar-refractivity contribution in [3.8, 4) is 0 Å². The lowest BCUT2D eigenvalue weighted by Crippen LogP contribution is -2.30. The second-order valence-corrected chi connectivity index (χ2v) is 4.77. The SMILES string of the molecule is OC1(Cc2ccc(C(F)(F)F)cc2)C=CCCC1. The molecular weight excluding hydrogens is 241 g/mol. The first-order valence-corrected chi connectivity index (χ1v) is 5.95.